The number of fused-ring (bicyclic) bond motifs is 1. The first-order valence-corrected chi connectivity index (χ1v) is 12.2. The van der Waals surface area contributed by atoms with E-state index >= 15 is 0 Å². The predicted molar refractivity (Wildman–Crippen MR) is 122 cm³/mol. The van der Waals surface area contributed by atoms with E-state index in [-0.39, 0.29) is 18.4 Å². The summed E-state index contributed by atoms with van der Waals surface area (Å²) < 4.78 is 106. The maximum Gasteiger partial charge on any atom is 0.430 e. The van der Waals surface area contributed by atoms with E-state index in [1.807, 2.05) is 0 Å². The summed E-state index contributed by atoms with van der Waals surface area (Å²) in [6, 6.07) is 7.40. The number of hydrogen-bond acceptors (Lipinski definition) is 5. The molecule has 0 amide bonds. The Morgan fingerprint density at radius 2 is 1.81 bits per heavy atom. The van der Waals surface area contributed by atoms with E-state index in [1.54, 1.807) is 18.2 Å². The fraction of sp³-hybridized carbons (Fsp3) is 0.391. The molecule has 0 fully saturated rings. The van der Waals surface area contributed by atoms with Gasteiger partial charge in [-0.1, -0.05) is 24.3 Å². The van der Waals surface area contributed by atoms with E-state index in [0.29, 0.717) is 34.9 Å². The average molecular weight is 536 g/mol. The second-order valence-electron chi connectivity index (χ2n) is 8.40. The largest absolute Gasteiger partial charge is 0.430 e. The molecule has 2 unspecified atom stereocenters. The fourth-order valence-corrected chi connectivity index (χ4v) is 5.65. The van der Waals surface area contributed by atoms with Gasteiger partial charge in [-0.15, -0.1) is 0 Å². The third kappa shape index (κ3) is 6.31. The van der Waals surface area contributed by atoms with Crippen molar-refractivity contribution in [2.24, 2.45) is 4.99 Å². The summed E-state index contributed by atoms with van der Waals surface area (Å²) in [4.78, 5) is 3.37. The summed E-state index contributed by atoms with van der Waals surface area (Å²) in [6.07, 6.45) is -8.41. The molecule has 0 aliphatic heterocycles. The summed E-state index contributed by atoms with van der Waals surface area (Å²) in [5.74, 6) is 0. The van der Waals surface area contributed by atoms with Crippen LogP contribution >= 0.6 is 0 Å². The first kappa shape index (κ1) is 27.8. The van der Waals surface area contributed by atoms with Crippen molar-refractivity contribution in [2.45, 2.75) is 49.5 Å². The molecule has 3 rings (SSSR count). The van der Waals surface area contributed by atoms with Crippen molar-refractivity contribution in [1.82, 2.24) is 4.72 Å². The lowest BCUT2D eigenvalue weighted by Gasteiger charge is -2.21. The van der Waals surface area contributed by atoms with Gasteiger partial charge in [0.15, 0.2) is 5.25 Å². The minimum atomic E-state index is -5.15. The molecule has 196 valence electrons. The van der Waals surface area contributed by atoms with E-state index in [0.717, 1.165) is 19.2 Å². The smallest absolute Gasteiger partial charge is 0.392 e. The van der Waals surface area contributed by atoms with E-state index in [1.165, 1.54) is 6.07 Å². The van der Waals surface area contributed by atoms with Crippen molar-refractivity contribution in [3.05, 3.63) is 69.8 Å². The highest BCUT2D eigenvalue weighted by Gasteiger charge is 2.45. The lowest BCUT2D eigenvalue weighted by Crippen LogP contribution is -2.46. The third-order valence-electron chi connectivity index (χ3n) is 5.77. The molecule has 0 radical (unpaired) electrons. The second-order valence-corrected chi connectivity index (χ2v) is 10.2. The maximum atomic E-state index is 13.2. The molecule has 13 heteroatoms. The van der Waals surface area contributed by atoms with Crippen LogP contribution in [0.15, 0.2) is 41.4 Å². The number of aryl methyl sites for hydroxylation is 1. The minimum absolute atomic E-state index is 0.116. The molecule has 2 aromatic rings. The first-order valence-electron chi connectivity index (χ1n) is 10.7. The topological polar surface area (TPSA) is 103 Å². The van der Waals surface area contributed by atoms with Crippen LogP contribution in [0.5, 0.6) is 0 Å². The number of rotatable bonds is 8. The normalized spacial score (nSPS) is 17.4. The zero-order chi connectivity index (χ0) is 26.9. The molecule has 1 aliphatic carbocycles. The molecule has 6 nitrogen and oxygen atoms in total. The number of halogens is 6. The number of alkyl halides is 6. The van der Waals surface area contributed by atoms with Gasteiger partial charge in [-0.05, 0) is 59.2 Å². The van der Waals surface area contributed by atoms with E-state index in [2.05, 4.69) is 9.71 Å². The van der Waals surface area contributed by atoms with E-state index in [9.17, 15) is 39.9 Å². The van der Waals surface area contributed by atoms with Crippen LogP contribution in [0.4, 0.5) is 26.3 Å². The van der Waals surface area contributed by atoms with Gasteiger partial charge in [0.05, 0.1) is 12.2 Å². The van der Waals surface area contributed by atoms with Crippen LogP contribution in [0.1, 0.15) is 45.8 Å². The van der Waals surface area contributed by atoms with E-state index in [4.69, 9.17) is 5.41 Å². The molecular formula is C23H23F6N3O3S. The number of benzene rings is 2. The van der Waals surface area contributed by atoms with Crippen LogP contribution in [0, 0.1) is 5.41 Å². The van der Waals surface area contributed by atoms with Crippen LogP contribution in [0.2, 0.25) is 0 Å². The lowest BCUT2D eigenvalue weighted by atomic mass is 9.97. The Labute approximate surface area is 203 Å². The highest BCUT2D eigenvalue weighted by molar-refractivity contribution is 7.91. The van der Waals surface area contributed by atoms with Gasteiger partial charge in [0.1, 0.15) is 5.71 Å². The predicted octanol–water partition coefficient (Wildman–Crippen LogP) is 4.35. The molecule has 1 aliphatic rings. The summed E-state index contributed by atoms with van der Waals surface area (Å²) in [5.41, 5.74) is -0.502. The number of nitrogens with zero attached hydrogens (tertiary/aromatic N) is 1. The molecule has 0 heterocycles. The van der Waals surface area contributed by atoms with Gasteiger partial charge >= 0.3 is 12.4 Å². The van der Waals surface area contributed by atoms with E-state index < -0.39 is 51.5 Å². The third-order valence-corrected chi connectivity index (χ3v) is 7.41. The average Bonchev–Trinajstić information content (AvgIpc) is 3.16. The first-order chi connectivity index (χ1) is 16.7. The Hall–Kier alpha value is -2.77. The summed E-state index contributed by atoms with van der Waals surface area (Å²) in [6.45, 7) is -0.557. The Morgan fingerprint density at radius 1 is 1.14 bits per heavy atom. The fourth-order valence-electron chi connectivity index (χ4n) is 4.14. The van der Waals surface area contributed by atoms with Crippen molar-refractivity contribution < 1.29 is 39.9 Å². The summed E-state index contributed by atoms with van der Waals surface area (Å²) in [5, 5.41) is 14.3. The van der Waals surface area contributed by atoms with Crippen molar-refractivity contribution in [3.63, 3.8) is 0 Å². The molecule has 0 saturated heterocycles. The zero-order valence-corrected chi connectivity index (χ0v) is 19.7. The van der Waals surface area contributed by atoms with Crippen LogP contribution in [-0.4, -0.2) is 43.9 Å². The minimum Gasteiger partial charge on any atom is -0.392 e. The van der Waals surface area contributed by atoms with Gasteiger partial charge in [-0.3, -0.25) is 10.4 Å². The Kier molecular flexibility index (Phi) is 7.96. The Balaban J connectivity index is 1.83. The van der Waals surface area contributed by atoms with Crippen molar-refractivity contribution >= 4 is 21.9 Å². The number of aliphatic imine (C=N–C) groups is 1. The molecule has 0 aromatic heterocycles. The zero-order valence-electron chi connectivity index (χ0n) is 18.9. The SMILES string of the molecule is CN=CC(C(=N)C(F)(F)F)S(=O)(=O)NC1CCc2cc(Cc3cc(CO)cc(C(F)(F)F)c3)ccc21. The Bertz CT molecular complexity index is 1270. The molecule has 2 aromatic carbocycles. The monoisotopic (exact) mass is 535 g/mol. The van der Waals surface area contributed by atoms with Gasteiger partial charge in [0.25, 0.3) is 0 Å². The summed E-state index contributed by atoms with van der Waals surface area (Å²) in [7, 11) is -3.55. The number of aliphatic hydroxyl groups is 1. The lowest BCUT2D eigenvalue weighted by molar-refractivity contribution is -0.137. The van der Waals surface area contributed by atoms with Gasteiger partial charge in [-0.25, -0.2) is 13.1 Å². The standard InChI is InChI=1S/C23H23F6N3O3S/c1-31-11-20(21(30)23(27,28)29)36(34,35)32-19-5-3-16-8-13(2-4-18(16)19)6-14-7-15(12-33)10-17(9-14)22(24,25)26/h2,4,7-11,19-20,30,32-33H,3,5-6,12H2,1H3. The van der Waals surface area contributed by atoms with Crippen molar-refractivity contribution in [3.8, 4) is 0 Å². The van der Waals surface area contributed by atoms with Gasteiger partial charge in [0.2, 0.25) is 10.0 Å². The molecule has 2 atom stereocenters. The van der Waals surface area contributed by atoms with Crippen LogP contribution in [0.25, 0.3) is 0 Å². The van der Waals surface area contributed by atoms with Gasteiger partial charge in [0, 0.05) is 19.3 Å². The molecule has 0 saturated carbocycles. The second kappa shape index (κ2) is 10.3. The quantitative estimate of drug-likeness (QED) is 0.346. The van der Waals surface area contributed by atoms with Crippen LogP contribution < -0.4 is 4.72 Å². The highest BCUT2D eigenvalue weighted by atomic mass is 32.2. The number of nitrogens with one attached hydrogen (secondary N) is 2. The molecule has 3 N–H and O–H groups in total. The van der Waals surface area contributed by atoms with Crippen LogP contribution in [0.3, 0.4) is 0 Å². The molecule has 0 spiro atoms. The molecule has 0 bridgehead atoms. The van der Waals surface area contributed by atoms with Crippen molar-refractivity contribution in [2.75, 3.05) is 7.05 Å². The van der Waals surface area contributed by atoms with Gasteiger partial charge in [-0.2, -0.15) is 26.3 Å². The number of sulfonamides is 1. The van der Waals surface area contributed by atoms with Crippen LogP contribution in [-0.2, 0) is 35.6 Å². The van der Waals surface area contributed by atoms with Crippen molar-refractivity contribution in [1.29, 1.82) is 5.41 Å². The molecule has 36 heavy (non-hydrogen) atoms. The summed E-state index contributed by atoms with van der Waals surface area (Å²) >= 11 is 0. The van der Waals surface area contributed by atoms with Gasteiger partial charge < -0.3 is 5.11 Å². The number of hydrogen-bond donors (Lipinski definition) is 3. The number of aliphatic hydroxyl groups excluding tert-OH is 1. The maximum absolute atomic E-state index is 13.2. The molecular weight excluding hydrogens is 512 g/mol. The highest BCUT2D eigenvalue weighted by Crippen LogP contribution is 2.35. The Morgan fingerprint density at radius 3 is 2.39 bits per heavy atom.